The lowest BCUT2D eigenvalue weighted by Gasteiger charge is -2.10. The van der Waals surface area contributed by atoms with Gasteiger partial charge in [-0.05, 0) is 54.4 Å². The summed E-state index contributed by atoms with van der Waals surface area (Å²) in [5, 5.41) is 5.58. The lowest BCUT2D eigenvalue weighted by Crippen LogP contribution is -2.20. The molecule has 0 saturated carbocycles. The number of anilines is 2. The van der Waals surface area contributed by atoms with E-state index in [0.29, 0.717) is 29.5 Å². The number of ether oxygens (including phenoxy) is 1. The molecule has 0 aromatic heterocycles. The molecule has 0 saturated heterocycles. The molecule has 0 aliphatic carbocycles. The van der Waals surface area contributed by atoms with E-state index in [1.807, 2.05) is 26.0 Å². The van der Waals surface area contributed by atoms with Crippen molar-refractivity contribution < 1.29 is 14.3 Å². The number of carbonyl (C=O) groups is 2. The van der Waals surface area contributed by atoms with Crippen molar-refractivity contribution in [2.24, 2.45) is 5.92 Å². The van der Waals surface area contributed by atoms with Crippen molar-refractivity contribution in [3.05, 3.63) is 53.0 Å². The van der Waals surface area contributed by atoms with Crippen molar-refractivity contribution in [2.45, 2.75) is 20.3 Å². The molecule has 2 aromatic rings. The van der Waals surface area contributed by atoms with Crippen LogP contribution in [0.25, 0.3) is 0 Å². The number of carbonyl (C=O) groups excluding carboxylic acids is 2. The first-order chi connectivity index (χ1) is 11.9. The average Bonchev–Trinajstić information content (AvgIpc) is 2.55. The Balaban J connectivity index is 1.80. The van der Waals surface area contributed by atoms with Gasteiger partial charge in [0.1, 0.15) is 5.75 Å². The SMILES string of the molecule is CC(C)CC(=O)Nc1ccc(NC(=O)COc2ccc(Br)cc2)cc1. The minimum Gasteiger partial charge on any atom is -0.484 e. The average molecular weight is 405 g/mol. The van der Waals surface area contributed by atoms with Gasteiger partial charge in [-0.25, -0.2) is 0 Å². The van der Waals surface area contributed by atoms with E-state index in [9.17, 15) is 9.59 Å². The molecule has 0 aliphatic heterocycles. The van der Waals surface area contributed by atoms with E-state index in [1.165, 1.54) is 0 Å². The standard InChI is InChI=1S/C19H21BrN2O3/c1-13(2)11-18(23)21-15-5-7-16(8-6-15)22-19(24)12-25-17-9-3-14(20)4-10-17/h3-10,13H,11-12H2,1-2H3,(H,21,23)(H,22,24). The smallest absolute Gasteiger partial charge is 0.262 e. The van der Waals surface area contributed by atoms with Gasteiger partial charge in [0.2, 0.25) is 5.91 Å². The van der Waals surface area contributed by atoms with Crippen LogP contribution in [0.3, 0.4) is 0 Å². The quantitative estimate of drug-likeness (QED) is 0.715. The first-order valence-corrected chi connectivity index (χ1v) is 8.80. The van der Waals surface area contributed by atoms with E-state index in [4.69, 9.17) is 4.74 Å². The second-order valence-corrected chi connectivity index (χ2v) is 6.93. The van der Waals surface area contributed by atoms with Crippen LogP contribution in [-0.2, 0) is 9.59 Å². The van der Waals surface area contributed by atoms with E-state index < -0.39 is 0 Å². The molecular weight excluding hydrogens is 384 g/mol. The Morgan fingerprint density at radius 1 is 0.920 bits per heavy atom. The van der Waals surface area contributed by atoms with Gasteiger partial charge in [0, 0.05) is 22.3 Å². The maximum absolute atomic E-state index is 11.9. The van der Waals surface area contributed by atoms with Gasteiger partial charge in [-0.2, -0.15) is 0 Å². The van der Waals surface area contributed by atoms with Crippen molar-refractivity contribution in [3.8, 4) is 5.75 Å². The highest BCUT2D eigenvalue weighted by Gasteiger charge is 2.07. The molecule has 0 unspecified atom stereocenters. The number of benzene rings is 2. The molecule has 132 valence electrons. The van der Waals surface area contributed by atoms with Crippen LogP contribution in [0.5, 0.6) is 5.75 Å². The molecule has 2 amide bonds. The molecule has 5 nitrogen and oxygen atoms in total. The fourth-order valence-electron chi connectivity index (χ4n) is 2.10. The predicted molar refractivity (Wildman–Crippen MR) is 103 cm³/mol. The molecule has 2 N–H and O–H groups in total. The third-order valence-corrected chi connectivity index (χ3v) is 3.76. The largest absolute Gasteiger partial charge is 0.484 e. The van der Waals surface area contributed by atoms with Crippen molar-refractivity contribution in [1.29, 1.82) is 0 Å². The number of halogens is 1. The summed E-state index contributed by atoms with van der Waals surface area (Å²) in [5.41, 5.74) is 1.35. The van der Waals surface area contributed by atoms with Crippen LogP contribution in [0.2, 0.25) is 0 Å². The van der Waals surface area contributed by atoms with Gasteiger partial charge >= 0.3 is 0 Å². The Labute approximate surface area is 155 Å². The van der Waals surface area contributed by atoms with Crippen LogP contribution in [0.15, 0.2) is 53.0 Å². The molecule has 2 rings (SSSR count). The first kappa shape index (κ1) is 19.0. The molecule has 0 spiro atoms. The Morgan fingerprint density at radius 2 is 1.44 bits per heavy atom. The van der Waals surface area contributed by atoms with E-state index in [2.05, 4.69) is 26.6 Å². The van der Waals surface area contributed by atoms with Crippen LogP contribution < -0.4 is 15.4 Å². The molecule has 0 fully saturated rings. The molecule has 0 heterocycles. The van der Waals surface area contributed by atoms with Crippen LogP contribution in [0.4, 0.5) is 11.4 Å². The zero-order chi connectivity index (χ0) is 18.2. The van der Waals surface area contributed by atoms with Gasteiger partial charge in [-0.3, -0.25) is 9.59 Å². The Kier molecular flexibility index (Phi) is 7.01. The van der Waals surface area contributed by atoms with Crippen molar-refractivity contribution >= 4 is 39.1 Å². The van der Waals surface area contributed by atoms with Crippen molar-refractivity contribution in [1.82, 2.24) is 0 Å². The third-order valence-electron chi connectivity index (χ3n) is 3.23. The van der Waals surface area contributed by atoms with E-state index in [1.54, 1.807) is 36.4 Å². The monoisotopic (exact) mass is 404 g/mol. The molecule has 0 atom stereocenters. The number of rotatable bonds is 7. The van der Waals surface area contributed by atoms with Gasteiger partial charge in [0.05, 0.1) is 0 Å². The summed E-state index contributed by atoms with van der Waals surface area (Å²) in [6.07, 6.45) is 0.478. The minimum absolute atomic E-state index is 0.0188. The third kappa shape index (κ3) is 6.97. The van der Waals surface area contributed by atoms with E-state index >= 15 is 0 Å². The topological polar surface area (TPSA) is 67.4 Å². The van der Waals surface area contributed by atoms with Gasteiger partial charge < -0.3 is 15.4 Å². The van der Waals surface area contributed by atoms with Gasteiger partial charge in [0.15, 0.2) is 6.61 Å². The molecule has 0 aliphatic rings. The maximum atomic E-state index is 11.9. The second-order valence-electron chi connectivity index (χ2n) is 6.01. The normalized spacial score (nSPS) is 10.4. The first-order valence-electron chi connectivity index (χ1n) is 8.00. The fourth-order valence-corrected chi connectivity index (χ4v) is 2.36. The molecular formula is C19H21BrN2O3. The summed E-state index contributed by atoms with van der Waals surface area (Å²) in [6, 6.07) is 14.2. The van der Waals surface area contributed by atoms with Crippen LogP contribution >= 0.6 is 15.9 Å². The predicted octanol–water partition coefficient (Wildman–Crippen LogP) is 4.45. The van der Waals surface area contributed by atoms with Gasteiger partial charge in [-0.15, -0.1) is 0 Å². The van der Waals surface area contributed by atoms with Crippen molar-refractivity contribution in [2.75, 3.05) is 17.2 Å². The van der Waals surface area contributed by atoms with Crippen molar-refractivity contribution in [3.63, 3.8) is 0 Å². The number of hydrogen-bond acceptors (Lipinski definition) is 3. The van der Waals surface area contributed by atoms with Crippen LogP contribution in [0, 0.1) is 5.92 Å². The number of nitrogens with one attached hydrogen (secondary N) is 2. The molecule has 6 heteroatoms. The lowest BCUT2D eigenvalue weighted by molar-refractivity contribution is -0.118. The Morgan fingerprint density at radius 3 is 1.96 bits per heavy atom. The lowest BCUT2D eigenvalue weighted by atomic mass is 10.1. The molecule has 25 heavy (non-hydrogen) atoms. The summed E-state index contributed by atoms with van der Waals surface area (Å²) in [6.45, 7) is 3.91. The molecule has 0 bridgehead atoms. The Bertz CT molecular complexity index is 712. The zero-order valence-corrected chi connectivity index (χ0v) is 15.8. The molecule has 0 radical (unpaired) electrons. The highest BCUT2D eigenvalue weighted by atomic mass is 79.9. The molecule has 2 aromatic carbocycles. The minimum atomic E-state index is -0.250. The van der Waals surface area contributed by atoms with Gasteiger partial charge in [0.25, 0.3) is 5.91 Å². The summed E-state index contributed by atoms with van der Waals surface area (Å²) in [7, 11) is 0. The fraction of sp³-hybridized carbons (Fsp3) is 0.263. The zero-order valence-electron chi connectivity index (χ0n) is 14.2. The number of amides is 2. The highest BCUT2D eigenvalue weighted by Crippen LogP contribution is 2.17. The summed E-state index contributed by atoms with van der Waals surface area (Å²) >= 11 is 3.34. The summed E-state index contributed by atoms with van der Waals surface area (Å²) in [4.78, 5) is 23.6. The summed E-state index contributed by atoms with van der Waals surface area (Å²) in [5.74, 6) is 0.667. The second kappa shape index (κ2) is 9.22. The Hall–Kier alpha value is -2.34. The van der Waals surface area contributed by atoms with Crippen LogP contribution in [0.1, 0.15) is 20.3 Å². The van der Waals surface area contributed by atoms with Crippen LogP contribution in [-0.4, -0.2) is 18.4 Å². The highest BCUT2D eigenvalue weighted by molar-refractivity contribution is 9.10. The van der Waals surface area contributed by atoms with E-state index in [0.717, 1.165) is 4.47 Å². The number of hydrogen-bond donors (Lipinski definition) is 2. The maximum Gasteiger partial charge on any atom is 0.262 e. The summed E-state index contributed by atoms with van der Waals surface area (Å²) < 4.78 is 6.37. The van der Waals surface area contributed by atoms with Gasteiger partial charge in [-0.1, -0.05) is 29.8 Å². The van der Waals surface area contributed by atoms with E-state index in [-0.39, 0.29) is 18.4 Å².